The van der Waals surface area contributed by atoms with Crippen LogP contribution < -0.4 is 0 Å². The Morgan fingerprint density at radius 2 is 1.84 bits per heavy atom. The molecule has 7 heteroatoms. The molecule has 0 unspecified atom stereocenters. The van der Waals surface area contributed by atoms with Crippen LogP contribution >= 0.6 is 0 Å². The van der Waals surface area contributed by atoms with E-state index >= 15 is 0 Å². The third-order valence-electron chi connectivity index (χ3n) is 3.63. The van der Waals surface area contributed by atoms with Gasteiger partial charge in [0.05, 0.1) is 17.3 Å². The number of sulfone groups is 1. The molecule has 0 amide bonds. The van der Waals surface area contributed by atoms with Crippen molar-refractivity contribution < 1.29 is 16.8 Å². The van der Waals surface area contributed by atoms with Gasteiger partial charge in [0.2, 0.25) is 10.0 Å². The second kappa shape index (κ2) is 5.33. The van der Waals surface area contributed by atoms with Crippen molar-refractivity contribution in [3.63, 3.8) is 0 Å². The van der Waals surface area contributed by atoms with Crippen molar-refractivity contribution in [2.45, 2.75) is 39.2 Å². The molecule has 1 saturated carbocycles. The van der Waals surface area contributed by atoms with E-state index in [1.165, 1.54) is 0 Å². The van der Waals surface area contributed by atoms with Gasteiger partial charge in [-0.25, -0.2) is 16.8 Å². The zero-order valence-corrected chi connectivity index (χ0v) is 13.2. The Hall–Kier alpha value is -0.140. The third-order valence-corrected chi connectivity index (χ3v) is 7.52. The van der Waals surface area contributed by atoms with E-state index in [4.69, 9.17) is 0 Å². The molecule has 2 aliphatic rings. The van der Waals surface area contributed by atoms with E-state index < -0.39 is 19.9 Å². The smallest absolute Gasteiger partial charge is 0.214 e. The summed E-state index contributed by atoms with van der Waals surface area (Å²) in [4.78, 5) is 0. The van der Waals surface area contributed by atoms with Crippen molar-refractivity contribution in [2.75, 3.05) is 23.8 Å². The molecule has 0 N–H and O–H groups in total. The highest BCUT2D eigenvalue weighted by molar-refractivity contribution is 7.92. The van der Waals surface area contributed by atoms with Gasteiger partial charge in [-0.3, -0.25) is 0 Å². The van der Waals surface area contributed by atoms with Crippen molar-refractivity contribution in [1.29, 1.82) is 0 Å². The Labute approximate surface area is 116 Å². The largest absolute Gasteiger partial charge is 0.229 e. The molecule has 1 aliphatic carbocycles. The van der Waals surface area contributed by atoms with Gasteiger partial charge >= 0.3 is 0 Å². The summed E-state index contributed by atoms with van der Waals surface area (Å²) in [5.41, 5.74) is 0. The fourth-order valence-electron chi connectivity index (χ4n) is 2.61. The summed E-state index contributed by atoms with van der Waals surface area (Å²) in [7, 11) is -6.32. The van der Waals surface area contributed by atoms with Gasteiger partial charge < -0.3 is 0 Å². The topological polar surface area (TPSA) is 71.5 Å². The van der Waals surface area contributed by atoms with E-state index in [2.05, 4.69) is 0 Å². The molecule has 0 radical (unpaired) electrons. The summed E-state index contributed by atoms with van der Waals surface area (Å²) < 4.78 is 49.3. The summed E-state index contributed by atoms with van der Waals surface area (Å²) in [6, 6.07) is 0.158. The first-order chi connectivity index (χ1) is 8.70. The Morgan fingerprint density at radius 3 is 2.26 bits per heavy atom. The molecule has 2 fully saturated rings. The molecule has 0 aromatic carbocycles. The number of hydrogen-bond acceptors (Lipinski definition) is 4. The van der Waals surface area contributed by atoms with E-state index in [0.29, 0.717) is 18.9 Å². The van der Waals surface area contributed by atoms with Gasteiger partial charge in [0.25, 0.3) is 0 Å². The van der Waals surface area contributed by atoms with Crippen LogP contribution in [0.1, 0.15) is 33.1 Å². The number of hydrogen-bond donors (Lipinski definition) is 0. The minimum Gasteiger partial charge on any atom is -0.229 e. The molecule has 0 spiro atoms. The summed E-state index contributed by atoms with van der Waals surface area (Å²) >= 11 is 0. The lowest BCUT2D eigenvalue weighted by Crippen LogP contribution is -2.39. The van der Waals surface area contributed by atoms with Gasteiger partial charge in [0, 0.05) is 12.6 Å². The van der Waals surface area contributed by atoms with E-state index in [1.54, 1.807) is 4.31 Å². The van der Waals surface area contributed by atoms with Crippen LogP contribution in [0, 0.1) is 11.8 Å². The lowest BCUT2D eigenvalue weighted by molar-refractivity contribution is 0.357. The van der Waals surface area contributed by atoms with Crippen molar-refractivity contribution >= 4 is 19.9 Å². The quantitative estimate of drug-likeness (QED) is 0.730. The second-order valence-corrected chi connectivity index (χ2v) is 10.4. The normalized spacial score (nSPS) is 27.3. The minimum absolute atomic E-state index is 0.00451. The molecule has 1 aliphatic heterocycles. The number of nitrogens with zero attached hydrogens (tertiary/aromatic N) is 1. The zero-order valence-electron chi connectivity index (χ0n) is 11.6. The first-order valence-corrected chi connectivity index (χ1v) is 10.3. The molecule has 0 bridgehead atoms. The predicted octanol–water partition coefficient (Wildman–Crippen LogP) is 0.871. The first kappa shape index (κ1) is 15.3. The maximum atomic E-state index is 12.4. The maximum Gasteiger partial charge on any atom is 0.214 e. The van der Waals surface area contributed by atoms with Crippen molar-refractivity contribution in [2.24, 2.45) is 11.8 Å². The molecule has 1 atom stereocenters. The van der Waals surface area contributed by atoms with E-state index in [9.17, 15) is 16.8 Å². The van der Waals surface area contributed by atoms with Crippen LogP contribution in [0.4, 0.5) is 0 Å². The minimum atomic E-state index is -3.32. The van der Waals surface area contributed by atoms with Gasteiger partial charge in [-0.1, -0.05) is 13.8 Å². The third kappa shape index (κ3) is 4.16. The fourth-order valence-corrected chi connectivity index (χ4v) is 6.88. The molecule has 0 aromatic heterocycles. The van der Waals surface area contributed by atoms with Crippen LogP contribution in [0.5, 0.6) is 0 Å². The van der Waals surface area contributed by atoms with Crippen LogP contribution in [0.3, 0.4) is 0 Å². The van der Waals surface area contributed by atoms with Gasteiger partial charge in [-0.05, 0) is 31.1 Å². The summed E-state index contributed by atoms with van der Waals surface area (Å²) in [6.07, 6.45) is 2.37. The Kier molecular flexibility index (Phi) is 4.28. The molecular formula is C12H23NO4S2. The standard InChI is InChI=1S/C12H23NO4S2/c1-10(2)7-13(12-3-4-12)19(16,17)9-11-5-6-18(14,15)8-11/h10-12H,3-9H2,1-2H3/t11-/m0/s1. The molecular weight excluding hydrogens is 286 g/mol. The van der Waals surface area contributed by atoms with Gasteiger partial charge in [0.1, 0.15) is 0 Å². The lowest BCUT2D eigenvalue weighted by atomic mass is 10.2. The van der Waals surface area contributed by atoms with Crippen LogP contribution in [0.25, 0.3) is 0 Å². The fraction of sp³-hybridized carbons (Fsp3) is 1.00. The predicted molar refractivity (Wildman–Crippen MR) is 75.1 cm³/mol. The van der Waals surface area contributed by atoms with Crippen LogP contribution in [-0.2, 0) is 19.9 Å². The summed E-state index contributed by atoms with van der Waals surface area (Å²) in [5.74, 6) is 0.244. The number of rotatable bonds is 6. The van der Waals surface area contributed by atoms with Gasteiger partial charge in [-0.2, -0.15) is 4.31 Å². The molecule has 0 aromatic rings. The van der Waals surface area contributed by atoms with Crippen molar-refractivity contribution in [3.05, 3.63) is 0 Å². The molecule has 112 valence electrons. The molecule has 1 saturated heterocycles. The number of sulfonamides is 1. The van der Waals surface area contributed by atoms with Crippen LogP contribution in [0.15, 0.2) is 0 Å². The molecule has 5 nitrogen and oxygen atoms in total. The van der Waals surface area contributed by atoms with Crippen molar-refractivity contribution in [1.82, 2.24) is 4.31 Å². The van der Waals surface area contributed by atoms with Gasteiger partial charge in [-0.15, -0.1) is 0 Å². The highest BCUT2D eigenvalue weighted by atomic mass is 32.2. The van der Waals surface area contributed by atoms with Gasteiger partial charge in [0.15, 0.2) is 9.84 Å². The highest BCUT2D eigenvalue weighted by Crippen LogP contribution is 2.32. The summed E-state index contributed by atoms with van der Waals surface area (Å²) in [6.45, 7) is 4.56. The Morgan fingerprint density at radius 1 is 1.21 bits per heavy atom. The average Bonchev–Trinajstić information content (AvgIpc) is 3.00. The summed E-state index contributed by atoms with van der Waals surface area (Å²) in [5, 5.41) is 0. The zero-order chi connectivity index (χ0) is 14.3. The maximum absolute atomic E-state index is 12.4. The molecule has 19 heavy (non-hydrogen) atoms. The SMILES string of the molecule is CC(C)CN(C1CC1)S(=O)(=O)C[C@H]1CCS(=O)(=O)C1. The lowest BCUT2D eigenvalue weighted by Gasteiger charge is -2.25. The molecule has 1 heterocycles. The first-order valence-electron chi connectivity index (χ1n) is 6.89. The van der Waals surface area contributed by atoms with E-state index in [1.807, 2.05) is 13.8 Å². The monoisotopic (exact) mass is 309 g/mol. The second-order valence-electron chi connectivity index (χ2n) is 6.24. The Balaban J connectivity index is 2.04. The van der Waals surface area contributed by atoms with Crippen LogP contribution in [-0.4, -0.2) is 51.0 Å². The van der Waals surface area contributed by atoms with Crippen LogP contribution in [0.2, 0.25) is 0 Å². The molecule has 2 rings (SSSR count). The van der Waals surface area contributed by atoms with E-state index in [0.717, 1.165) is 12.8 Å². The highest BCUT2D eigenvalue weighted by Gasteiger charge is 2.40. The van der Waals surface area contributed by atoms with Crippen molar-refractivity contribution in [3.8, 4) is 0 Å². The Bertz CT molecular complexity index is 520. The van der Waals surface area contributed by atoms with E-state index in [-0.39, 0.29) is 29.2 Å². The average molecular weight is 309 g/mol.